The molecular weight excluding hydrogens is 240 g/mol. The lowest BCUT2D eigenvalue weighted by Gasteiger charge is -2.15. The first-order valence-electron chi connectivity index (χ1n) is 5.23. The Labute approximate surface area is 104 Å². The van der Waals surface area contributed by atoms with Crippen molar-refractivity contribution < 1.29 is 9.53 Å². The molecule has 88 valence electrons. The summed E-state index contributed by atoms with van der Waals surface area (Å²) < 4.78 is 5.09. The van der Waals surface area contributed by atoms with Crippen LogP contribution >= 0.6 is 11.6 Å². The van der Waals surface area contributed by atoms with Gasteiger partial charge in [-0.1, -0.05) is 11.6 Å². The highest BCUT2D eigenvalue weighted by molar-refractivity contribution is 6.30. The van der Waals surface area contributed by atoms with Gasteiger partial charge in [-0.3, -0.25) is 4.90 Å². The van der Waals surface area contributed by atoms with Crippen LogP contribution in [0.2, 0.25) is 5.02 Å². The smallest absolute Gasteiger partial charge is 0.414 e. The van der Waals surface area contributed by atoms with E-state index in [0.717, 1.165) is 11.3 Å². The van der Waals surface area contributed by atoms with Gasteiger partial charge in [0, 0.05) is 5.02 Å². The second-order valence-corrected chi connectivity index (χ2v) is 4.35. The number of hydrogen-bond donors (Lipinski definition) is 0. The highest BCUT2D eigenvalue weighted by atomic mass is 35.5. The van der Waals surface area contributed by atoms with Crippen LogP contribution in [0.3, 0.4) is 0 Å². The van der Waals surface area contributed by atoms with E-state index in [1.165, 1.54) is 4.90 Å². The standard InChI is InChI=1S/C12H11ClN2O2/c1-8-6-9(13)2-3-11(8)15-7-10(4-5-14)17-12(15)16/h2-3,6,10H,4,7H2,1H3. The highest BCUT2D eigenvalue weighted by Gasteiger charge is 2.32. The van der Waals surface area contributed by atoms with E-state index in [4.69, 9.17) is 21.6 Å². The fourth-order valence-electron chi connectivity index (χ4n) is 1.85. The molecule has 4 nitrogen and oxygen atoms in total. The predicted octanol–water partition coefficient (Wildman–Crippen LogP) is 2.89. The quantitative estimate of drug-likeness (QED) is 0.811. The monoisotopic (exact) mass is 250 g/mol. The van der Waals surface area contributed by atoms with Crippen LogP contribution in [0.5, 0.6) is 0 Å². The molecule has 0 saturated carbocycles. The number of ether oxygens (including phenoxy) is 1. The maximum absolute atomic E-state index is 11.7. The van der Waals surface area contributed by atoms with Gasteiger partial charge in [0.15, 0.2) is 0 Å². The number of amides is 1. The molecule has 0 aliphatic carbocycles. The molecule has 5 heteroatoms. The van der Waals surface area contributed by atoms with E-state index >= 15 is 0 Å². The van der Waals surface area contributed by atoms with Gasteiger partial charge in [0.2, 0.25) is 0 Å². The van der Waals surface area contributed by atoms with Crippen molar-refractivity contribution in [3.63, 3.8) is 0 Å². The fourth-order valence-corrected chi connectivity index (χ4v) is 2.07. The second-order valence-electron chi connectivity index (χ2n) is 3.91. The van der Waals surface area contributed by atoms with E-state index < -0.39 is 6.09 Å². The molecule has 1 heterocycles. The molecule has 0 bridgehead atoms. The molecule has 1 atom stereocenters. The molecule has 17 heavy (non-hydrogen) atoms. The molecule has 1 fully saturated rings. The topological polar surface area (TPSA) is 53.3 Å². The van der Waals surface area contributed by atoms with Crippen molar-refractivity contribution in [2.24, 2.45) is 0 Å². The lowest BCUT2D eigenvalue weighted by Crippen LogP contribution is -2.25. The van der Waals surface area contributed by atoms with Crippen molar-refractivity contribution >= 4 is 23.4 Å². The van der Waals surface area contributed by atoms with Crippen LogP contribution in [0.1, 0.15) is 12.0 Å². The minimum atomic E-state index is -0.407. The van der Waals surface area contributed by atoms with E-state index in [2.05, 4.69) is 0 Å². The molecule has 1 aromatic rings. The molecule has 1 unspecified atom stereocenters. The van der Waals surface area contributed by atoms with Gasteiger partial charge >= 0.3 is 6.09 Å². The van der Waals surface area contributed by atoms with E-state index in [9.17, 15) is 4.79 Å². The molecule has 0 N–H and O–H groups in total. The average molecular weight is 251 g/mol. The number of carbonyl (C=O) groups excluding carboxylic acids is 1. The number of rotatable bonds is 2. The van der Waals surface area contributed by atoms with E-state index in [1.54, 1.807) is 18.2 Å². The average Bonchev–Trinajstić information content (AvgIpc) is 2.60. The largest absolute Gasteiger partial charge is 0.443 e. The number of anilines is 1. The van der Waals surface area contributed by atoms with Crippen molar-refractivity contribution in [2.75, 3.05) is 11.4 Å². The lowest BCUT2D eigenvalue weighted by atomic mass is 10.1. The summed E-state index contributed by atoms with van der Waals surface area (Å²) in [6.07, 6.45) is -0.534. The molecule has 0 radical (unpaired) electrons. The summed E-state index contributed by atoms with van der Waals surface area (Å²) in [5.41, 5.74) is 1.69. The first kappa shape index (κ1) is 11.7. The van der Waals surface area contributed by atoms with Gasteiger partial charge < -0.3 is 4.74 Å². The SMILES string of the molecule is Cc1cc(Cl)ccc1N1CC(CC#N)OC1=O. The number of benzene rings is 1. The van der Waals surface area contributed by atoms with Gasteiger partial charge in [0.05, 0.1) is 24.7 Å². The fraction of sp³-hybridized carbons (Fsp3) is 0.333. The first-order chi connectivity index (χ1) is 8.11. The summed E-state index contributed by atoms with van der Waals surface area (Å²) in [5, 5.41) is 9.22. The third-order valence-electron chi connectivity index (χ3n) is 2.64. The van der Waals surface area contributed by atoms with Crippen LogP contribution in [0.4, 0.5) is 10.5 Å². The Balaban J connectivity index is 2.23. The van der Waals surface area contributed by atoms with E-state index in [1.807, 2.05) is 13.0 Å². The third kappa shape index (κ3) is 2.34. The van der Waals surface area contributed by atoms with Crippen LogP contribution in [-0.2, 0) is 4.74 Å². The molecule has 1 aliphatic heterocycles. The summed E-state index contributed by atoms with van der Waals surface area (Å²) in [4.78, 5) is 13.2. The van der Waals surface area contributed by atoms with Crippen molar-refractivity contribution in [3.05, 3.63) is 28.8 Å². The zero-order valence-corrected chi connectivity index (χ0v) is 10.1. The molecule has 2 rings (SSSR count). The van der Waals surface area contributed by atoms with Crippen LogP contribution in [-0.4, -0.2) is 18.7 Å². The third-order valence-corrected chi connectivity index (χ3v) is 2.88. The van der Waals surface area contributed by atoms with Crippen molar-refractivity contribution in [2.45, 2.75) is 19.4 Å². The Morgan fingerprint density at radius 1 is 1.65 bits per heavy atom. The zero-order valence-electron chi connectivity index (χ0n) is 9.31. The molecule has 1 saturated heterocycles. The number of nitrogens with zero attached hydrogens (tertiary/aromatic N) is 2. The van der Waals surface area contributed by atoms with Crippen LogP contribution in [0.15, 0.2) is 18.2 Å². The van der Waals surface area contributed by atoms with Gasteiger partial charge in [-0.05, 0) is 30.7 Å². The number of aryl methyl sites for hydroxylation is 1. The maximum atomic E-state index is 11.7. The molecule has 1 aromatic carbocycles. The minimum absolute atomic E-state index is 0.217. The van der Waals surface area contributed by atoms with Crippen LogP contribution in [0.25, 0.3) is 0 Å². The summed E-state index contributed by atoms with van der Waals surface area (Å²) >= 11 is 5.86. The molecular formula is C12H11ClN2O2. The summed E-state index contributed by atoms with van der Waals surface area (Å²) in [5.74, 6) is 0. The molecule has 1 amide bonds. The molecule has 0 aromatic heterocycles. The van der Waals surface area contributed by atoms with Crippen LogP contribution < -0.4 is 4.90 Å². The maximum Gasteiger partial charge on any atom is 0.414 e. The number of cyclic esters (lactones) is 1. The van der Waals surface area contributed by atoms with Gasteiger partial charge in [-0.15, -0.1) is 0 Å². The Morgan fingerprint density at radius 3 is 3.06 bits per heavy atom. The van der Waals surface area contributed by atoms with Gasteiger partial charge in [0.25, 0.3) is 0 Å². The highest BCUT2D eigenvalue weighted by Crippen LogP contribution is 2.28. The number of hydrogen-bond acceptors (Lipinski definition) is 3. The van der Waals surface area contributed by atoms with Crippen molar-refractivity contribution in [3.8, 4) is 6.07 Å². The van der Waals surface area contributed by atoms with E-state index in [0.29, 0.717) is 11.6 Å². The summed E-state index contributed by atoms with van der Waals surface area (Å²) in [7, 11) is 0. The Hall–Kier alpha value is -1.73. The predicted molar refractivity (Wildman–Crippen MR) is 64.0 cm³/mol. The van der Waals surface area contributed by atoms with Gasteiger partial charge in [0.1, 0.15) is 6.10 Å². The van der Waals surface area contributed by atoms with Crippen LogP contribution in [0, 0.1) is 18.3 Å². The Kier molecular flexibility index (Phi) is 3.21. The number of nitriles is 1. The van der Waals surface area contributed by atoms with Crippen molar-refractivity contribution in [1.82, 2.24) is 0 Å². The minimum Gasteiger partial charge on any atom is -0.443 e. The summed E-state index contributed by atoms with van der Waals surface area (Å²) in [6, 6.07) is 7.31. The van der Waals surface area contributed by atoms with Crippen molar-refractivity contribution in [1.29, 1.82) is 5.26 Å². The summed E-state index contributed by atoms with van der Waals surface area (Å²) in [6.45, 7) is 2.29. The van der Waals surface area contributed by atoms with Gasteiger partial charge in [-0.2, -0.15) is 5.26 Å². The normalized spacial score (nSPS) is 19.0. The Bertz CT molecular complexity index is 496. The van der Waals surface area contributed by atoms with E-state index in [-0.39, 0.29) is 12.5 Å². The second kappa shape index (κ2) is 4.64. The lowest BCUT2D eigenvalue weighted by molar-refractivity contribution is 0.143. The molecule has 0 spiro atoms. The number of halogens is 1. The first-order valence-corrected chi connectivity index (χ1v) is 5.61. The van der Waals surface area contributed by atoms with Gasteiger partial charge in [-0.25, -0.2) is 4.79 Å². The zero-order chi connectivity index (χ0) is 12.4. The Morgan fingerprint density at radius 2 is 2.41 bits per heavy atom. The molecule has 1 aliphatic rings. The number of carbonyl (C=O) groups is 1.